The van der Waals surface area contributed by atoms with Crippen molar-refractivity contribution >= 4 is 35.5 Å². The van der Waals surface area contributed by atoms with E-state index in [4.69, 9.17) is 10.8 Å². The molecule has 10 nitrogen and oxygen atoms in total. The van der Waals surface area contributed by atoms with Crippen molar-refractivity contribution in [2.75, 3.05) is 18.6 Å². The zero-order valence-corrected chi connectivity index (χ0v) is 15.3. The van der Waals surface area contributed by atoms with Crippen molar-refractivity contribution in [3.05, 3.63) is 0 Å². The number of hydrogen-bond donors (Lipinski definition) is 6. The van der Waals surface area contributed by atoms with Crippen molar-refractivity contribution in [1.29, 1.82) is 0 Å². The Morgan fingerprint density at radius 3 is 2.20 bits per heavy atom. The number of carbonyl (C=O) groups is 4. The summed E-state index contributed by atoms with van der Waals surface area (Å²) in [5.74, 6) is -2.59. The second kappa shape index (κ2) is 11.7. The van der Waals surface area contributed by atoms with Crippen molar-refractivity contribution in [2.24, 2.45) is 5.73 Å². The zero-order valence-electron chi connectivity index (χ0n) is 14.4. The van der Waals surface area contributed by atoms with Crippen molar-refractivity contribution in [3.8, 4) is 0 Å². The number of hydrogen-bond acceptors (Lipinski definition) is 7. The van der Waals surface area contributed by atoms with Crippen LogP contribution < -0.4 is 21.7 Å². The maximum atomic E-state index is 12.0. The van der Waals surface area contributed by atoms with Crippen LogP contribution in [0.25, 0.3) is 0 Å². The number of carboxylic acids is 1. The lowest BCUT2D eigenvalue weighted by Crippen LogP contribution is -2.53. The molecule has 0 aliphatic rings. The molecule has 0 fully saturated rings. The minimum absolute atomic E-state index is 0.260. The number of nitrogens with two attached hydrogens (primary N) is 1. The molecule has 4 atom stereocenters. The number of aliphatic hydroxyl groups excluding tert-OH is 1. The summed E-state index contributed by atoms with van der Waals surface area (Å²) in [5, 5.41) is 25.2. The first-order valence-corrected chi connectivity index (χ1v) is 9.02. The van der Waals surface area contributed by atoms with Gasteiger partial charge in [-0.15, -0.1) is 0 Å². The van der Waals surface area contributed by atoms with E-state index in [1.165, 1.54) is 25.6 Å². The topological polar surface area (TPSA) is 171 Å². The van der Waals surface area contributed by atoms with E-state index in [0.717, 1.165) is 0 Å². The fraction of sp³-hybridized carbons (Fsp3) is 0.714. The molecule has 0 saturated carbocycles. The Kier molecular flexibility index (Phi) is 10.8. The van der Waals surface area contributed by atoms with E-state index in [9.17, 15) is 24.3 Å². The summed E-state index contributed by atoms with van der Waals surface area (Å²) < 4.78 is 0. The smallest absolute Gasteiger partial charge is 0.326 e. The van der Waals surface area contributed by atoms with Crippen molar-refractivity contribution in [1.82, 2.24) is 16.0 Å². The van der Waals surface area contributed by atoms with E-state index in [0.29, 0.717) is 5.75 Å². The lowest BCUT2D eigenvalue weighted by atomic mass is 10.2. The van der Waals surface area contributed by atoms with Gasteiger partial charge in [0.2, 0.25) is 17.7 Å². The summed E-state index contributed by atoms with van der Waals surface area (Å²) in [5.41, 5.74) is 5.40. The lowest BCUT2D eigenvalue weighted by molar-refractivity contribution is -0.142. The number of thioether (sulfide) groups is 1. The van der Waals surface area contributed by atoms with E-state index in [1.54, 1.807) is 0 Å². The molecule has 0 aromatic rings. The Hall–Kier alpha value is -1.85. The molecule has 7 N–H and O–H groups in total. The van der Waals surface area contributed by atoms with Crippen molar-refractivity contribution < 1.29 is 29.4 Å². The molecule has 0 aromatic heterocycles. The predicted octanol–water partition coefficient (Wildman–Crippen LogP) is -2.36. The van der Waals surface area contributed by atoms with E-state index in [-0.39, 0.29) is 6.42 Å². The molecule has 11 heteroatoms. The Morgan fingerprint density at radius 1 is 1.12 bits per heavy atom. The third-order valence-electron chi connectivity index (χ3n) is 3.24. The molecule has 0 aromatic carbocycles. The molecule has 0 saturated heterocycles. The molecule has 3 amide bonds. The Balaban J connectivity index is 4.39. The van der Waals surface area contributed by atoms with Crippen LogP contribution in [-0.2, 0) is 19.2 Å². The number of aliphatic carboxylic acids is 1. The average molecular weight is 378 g/mol. The standard InChI is InChI=1S/C14H26N4O6S/c1-7(12(21)18-9(14(23)24)4-5-25-3)17-10(20)6-16-13(22)11(15)8(2)19/h7-9,11,19H,4-6,15H2,1-3H3,(H,16,22)(H,17,20)(H,18,21)(H,23,24). The first-order chi connectivity index (χ1) is 11.6. The molecule has 0 spiro atoms. The fourth-order valence-corrected chi connectivity index (χ4v) is 2.12. The SMILES string of the molecule is CSCCC(NC(=O)C(C)NC(=O)CNC(=O)C(N)C(C)O)C(=O)O. The summed E-state index contributed by atoms with van der Waals surface area (Å²) in [6.07, 6.45) is 1.01. The number of rotatable bonds is 11. The van der Waals surface area contributed by atoms with Gasteiger partial charge in [0.1, 0.15) is 18.1 Å². The zero-order chi connectivity index (χ0) is 19.6. The lowest BCUT2D eigenvalue weighted by Gasteiger charge is -2.19. The van der Waals surface area contributed by atoms with Gasteiger partial charge in [-0.05, 0) is 32.3 Å². The first kappa shape index (κ1) is 23.1. The van der Waals surface area contributed by atoms with Gasteiger partial charge >= 0.3 is 5.97 Å². The minimum Gasteiger partial charge on any atom is -0.480 e. The van der Waals surface area contributed by atoms with E-state index in [1.807, 2.05) is 6.26 Å². The number of carboxylic acid groups (broad SMARTS) is 1. The highest BCUT2D eigenvalue weighted by Gasteiger charge is 2.24. The van der Waals surface area contributed by atoms with Crippen LogP contribution in [-0.4, -0.2) is 76.7 Å². The maximum absolute atomic E-state index is 12.0. The van der Waals surface area contributed by atoms with Gasteiger partial charge in [0, 0.05) is 0 Å². The molecule has 0 aliphatic carbocycles. The maximum Gasteiger partial charge on any atom is 0.326 e. The largest absolute Gasteiger partial charge is 0.480 e. The van der Waals surface area contributed by atoms with Crippen LogP contribution in [0, 0.1) is 0 Å². The quantitative estimate of drug-likeness (QED) is 0.232. The van der Waals surface area contributed by atoms with Gasteiger partial charge in [-0.1, -0.05) is 0 Å². The summed E-state index contributed by atoms with van der Waals surface area (Å²) in [6.45, 7) is 2.31. The van der Waals surface area contributed by atoms with Crippen LogP contribution in [0.4, 0.5) is 0 Å². The Bertz CT molecular complexity index is 488. The van der Waals surface area contributed by atoms with Crippen LogP contribution in [0.1, 0.15) is 20.3 Å². The van der Waals surface area contributed by atoms with Gasteiger partial charge in [-0.2, -0.15) is 11.8 Å². The highest BCUT2D eigenvalue weighted by molar-refractivity contribution is 7.98. The fourth-order valence-electron chi connectivity index (χ4n) is 1.65. The Labute approximate surface area is 150 Å². The molecular weight excluding hydrogens is 352 g/mol. The van der Waals surface area contributed by atoms with Crippen LogP contribution in [0.2, 0.25) is 0 Å². The highest BCUT2D eigenvalue weighted by Crippen LogP contribution is 2.01. The second-order valence-electron chi connectivity index (χ2n) is 5.45. The van der Waals surface area contributed by atoms with Crippen molar-refractivity contribution in [3.63, 3.8) is 0 Å². The third-order valence-corrected chi connectivity index (χ3v) is 3.89. The summed E-state index contributed by atoms with van der Waals surface area (Å²) >= 11 is 1.45. The molecule has 0 radical (unpaired) electrons. The summed E-state index contributed by atoms with van der Waals surface area (Å²) in [7, 11) is 0. The van der Waals surface area contributed by atoms with Crippen LogP contribution >= 0.6 is 11.8 Å². The predicted molar refractivity (Wildman–Crippen MR) is 92.8 cm³/mol. The normalized spacial score (nSPS) is 15.4. The van der Waals surface area contributed by atoms with Crippen LogP contribution in [0.15, 0.2) is 0 Å². The Morgan fingerprint density at radius 2 is 1.72 bits per heavy atom. The molecule has 144 valence electrons. The van der Waals surface area contributed by atoms with Gasteiger partial charge < -0.3 is 31.9 Å². The molecule has 4 unspecified atom stereocenters. The van der Waals surface area contributed by atoms with Gasteiger partial charge in [-0.3, -0.25) is 14.4 Å². The molecular formula is C14H26N4O6S. The van der Waals surface area contributed by atoms with E-state index >= 15 is 0 Å². The second-order valence-corrected chi connectivity index (χ2v) is 6.44. The molecule has 0 rings (SSSR count). The number of aliphatic hydroxyl groups is 1. The minimum atomic E-state index is -1.17. The van der Waals surface area contributed by atoms with Gasteiger partial charge in [0.05, 0.1) is 12.6 Å². The van der Waals surface area contributed by atoms with Crippen molar-refractivity contribution in [2.45, 2.75) is 44.5 Å². The van der Waals surface area contributed by atoms with Crippen LogP contribution in [0.3, 0.4) is 0 Å². The molecule has 0 heterocycles. The monoisotopic (exact) mass is 378 g/mol. The van der Waals surface area contributed by atoms with Gasteiger partial charge in [0.25, 0.3) is 0 Å². The number of nitrogens with one attached hydrogen (secondary N) is 3. The summed E-state index contributed by atoms with van der Waals surface area (Å²) in [4.78, 5) is 46.3. The van der Waals surface area contributed by atoms with E-state index < -0.39 is 54.5 Å². The molecule has 25 heavy (non-hydrogen) atoms. The molecule has 0 bridgehead atoms. The molecule has 0 aliphatic heterocycles. The van der Waals surface area contributed by atoms with Gasteiger partial charge in [0.15, 0.2) is 0 Å². The van der Waals surface area contributed by atoms with Gasteiger partial charge in [-0.25, -0.2) is 4.79 Å². The average Bonchev–Trinajstić information content (AvgIpc) is 2.54. The third kappa shape index (κ3) is 9.27. The summed E-state index contributed by atoms with van der Waals surface area (Å²) in [6, 6.07) is -3.18. The van der Waals surface area contributed by atoms with Crippen LogP contribution in [0.5, 0.6) is 0 Å². The first-order valence-electron chi connectivity index (χ1n) is 7.63. The van der Waals surface area contributed by atoms with E-state index in [2.05, 4.69) is 16.0 Å². The number of amides is 3. The highest BCUT2D eigenvalue weighted by atomic mass is 32.2. The number of carbonyl (C=O) groups excluding carboxylic acids is 3.